The highest BCUT2D eigenvalue weighted by Gasteiger charge is 2.19. The number of ether oxygens (including phenoxy) is 1. The van der Waals surface area contributed by atoms with Gasteiger partial charge in [0.2, 0.25) is 5.91 Å². The van der Waals surface area contributed by atoms with Gasteiger partial charge in [0, 0.05) is 12.0 Å². The van der Waals surface area contributed by atoms with Gasteiger partial charge in [-0.2, -0.15) is 0 Å². The monoisotopic (exact) mass is 244 g/mol. The van der Waals surface area contributed by atoms with Crippen LogP contribution in [0.2, 0.25) is 0 Å². The van der Waals surface area contributed by atoms with E-state index in [0.29, 0.717) is 0 Å². The molecule has 0 bridgehead atoms. The van der Waals surface area contributed by atoms with Gasteiger partial charge in [-0.3, -0.25) is 4.79 Å². The number of carbonyl (C=O) groups is 1. The average Bonchev–Trinajstić information content (AvgIpc) is 2.80. The largest absolute Gasteiger partial charge is 0.394 e. The van der Waals surface area contributed by atoms with Crippen molar-refractivity contribution in [2.24, 2.45) is 5.73 Å². The molecule has 0 fully saturated rings. The highest BCUT2D eigenvalue weighted by atomic mass is 32.1. The summed E-state index contributed by atoms with van der Waals surface area (Å²) in [5.41, 5.74) is 5.76. The zero-order chi connectivity index (χ0) is 12.0. The number of thiophene rings is 1. The smallest absolute Gasteiger partial charge is 0.242 e. The Hall–Kier alpha value is -0.950. The molecule has 5 nitrogen and oxygen atoms in total. The van der Waals surface area contributed by atoms with Crippen molar-refractivity contribution in [3.05, 3.63) is 22.4 Å². The summed E-state index contributed by atoms with van der Waals surface area (Å²) in [7, 11) is 1.51. The lowest BCUT2D eigenvalue weighted by Gasteiger charge is -2.17. The maximum absolute atomic E-state index is 11.7. The molecule has 1 heterocycles. The number of nitrogens with one attached hydrogen (secondary N) is 1. The molecule has 90 valence electrons. The fraction of sp³-hybridized carbons (Fsp3) is 0.500. The maximum atomic E-state index is 11.7. The molecule has 0 aliphatic rings. The highest BCUT2D eigenvalue weighted by Crippen LogP contribution is 2.16. The van der Waals surface area contributed by atoms with Crippen LogP contribution in [-0.4, -0.2) is 37.4 Å². The van der Waals surface area contributed by atoms with Crippen molar-refractivity contribution in [2.75, 3.05) is 20.3 Å². The number of amides is 1. The van der Waals surface area contributed by atoms with E-state index in [0.717, 1.165) is 4.88 Å². The van der Waals surface area contributed by atoms with Crippen LogP contribution < -0.4 is 11.1 Å². The van der Waals surface area contributed by atoms with E-state index in [2.05, 4.69) is 5.32 Å². The summed E-state index contributed by atoms with van der Waals surface area (Å²) >= 11 is 1.43. The second kappa shape index (κ2) is 6.59. The molecule has 16 heavy (non-hydrogen) atoms. The molecule has 2 unspecified atom stereocenters. The number of aliphatic hydroxyl groups excluding tert-OH is 1. The van der Waals surface area contributed by atoms with Crippen molar-refractivity contribution in [2.45, 2.75) is 12.1 Å². The summed E-state index contributed by atoms with van der Waals surface area (Å²) in [6, 6.07) is 2.54. The van der Waals surface area contributed by atoms with Gasteiger partial charge in [0.1, 0.15) is 6.04 Å². The molecule has 1 rings (SSSR count). The van der Waals surface area contributed by atoms with Crippen molar-refractivity contribution in [3.8, 4) is 0 Å². The summed E-state index contributed by atoms with van der Waals surface area (Å²) < 4.78 is 4.85. The lowest BCUT2D eigenvalue weighted by atomic mass is 10.2. The van der Waals surface area contributed by atoms with Gasteiger partial charge >= 0.3 is 0 Å². The Labute approximate surface area is 98.2 Å². The molecule has 0 saturated carbocycles. The second-order valence-corrected chi connectivity index (χ2v) is 4.32. The molecule has 0 radical (unpaired) electrons. The van der Waals surface area contributed by atoms with Gasteiger partial charge in [-0.05, 0) is 11.4 Å². The molecule has 0 spiro atoms. The van der Waals surface area contributed by atoms with Crippen molar-refractivity contribution in [3.63, 3.8) is 0 Å². The third-order valence-corrected chi connectivity index (χ3v) is 3.02. The van der Waals surface area contributed by atoms with Crippen LogP contribution in [0.3, 0.4) is 0 Å². The van der Waals surface area contributed by atoms with Gasteiger partial charge in [0.05, 0.1) is 19.3 Å². The molecule has 1 amide bonds. The molecule has 2 atom stereocenters. The van der Waals surface area contributed by atoms with E-state index in [9.17, 15) is 4.79 Å². The standard InChI is InChI=1S/C10H16N2O3S/c1-15-6-7(5-13)12-10(14)9(11)8-3-2-4-16-8/h2-4,7,9,13H,5-6,11H2,1H3,(H,12,14). The number of nitrogens with two attached hydrogens (primary N) is 1. The van der Waals surface area contributed by atoms with E-state index in [-0.39, 0.29) is 19.1 Å². The molecule has 1 aromatic rings. The lowest BCUT2D eigenvalue weighted by molar-refractivity contribution is -0.123. The minimum absolute atomic E-state index is 0.170. The topological polar surface area (TPSA) is 84.6 Å². The summed E-state index contributed by atoms with van der Waals surface area (Å²) in [5.74, 6) is -0.307. The first kappa shape index (κ1) is 13.1. The van der Waals surface area contributed by atoms with Crippen molar-refractivity contribution in [1.29, 1.82) is 0 Å². The van der Waals surface area contributed by atoms with E-state index in [1.807, 2.05) is 11.4 Å². The molecule has 6 heteroatoms. The van der Waals surface area contributed by atoms with Crippen LogP contribution in [0, 0.1) is 0 Å². The minimum Gasteiger partial charge on any atom is -0.394 e. The van der Waals surface area contributed by atoms with Crippen molar-refractivity contribution < 1.29 is 14.6 Å². The summed E-state index contributed by atoms with van der Waals surface area (Å²) in [6.07, 6.45) is 0. The van der Waals surface area contributed by atoms with Crippen LogP contribution in [0.25, 0.3) is 0 Å². The number of hydrogen-bond acceptors (Lipinski definition) is 5. The zero-order valence-corrected chi connectivity index (χ0v) is 9.87. The quantitative estimate of drug-likeness (QED) is 0.651. The van der Waals surface area contributed by atoms with Crippen LogP contribution in [0.15, 0.2) is 17.5 Å². The zero-order valence-electron chi connectivity index (χ0n) is 9.05. The molecular formula is C10H16N2O3S. The van der Waals surface area contributed by atoms with Crippen LogP contribution in [0.5, 0.6) is 0 Å². The number of hydrogen-bond donors (Lipinski definition) is 3. The van der Waals surface area contributed by atoms with E-state index in [4.69, 9.17) is 15.6 Å². The Bertz CT molecular complexity index is 316. The van der Waals surface area contributed by atoms with Crippen molar-refractivity contribution in [1.82, 2.24) is 5.32 Å². The van der Waals surface area contributed by atoms with Gasteiger partial charge in [-0.15, -0.1) is 11.3 Å². The molecule has 4 N–H and O–H groups in total. The summed E-state index contributed by atoms with van der Waals surface area (Å²) in [6.45, 7) is 0.0934. The first-order valence-corrected chi connectivity index (χ1v) is 5.76. The Balaban J connectivity index is 2.51. The molecular weight excluding hydrogens is 228 g/mol. The van der Waals surface area contributed by atoms with Gasteiger partial charge in [0.15, 0.2) is 0 Å². The van der Waals surface area contributed by atoms with E-state index in [1.54, 1.807) is 6.07 Å². The Morgan fingerprint density at radius 3 is 3.00 bits per heavy atom. The maximum Gasteiger partial charge on any atom is 0.242 e. The summed E-state index contributed by atoms with van der Waals surface area (Å²) in [5, 5.41) is 13.5. The summed E-state index contributed by atoms with van der Waals surface area (Å²) in [4.78, 5) is 12.5. The fourth-order valence-corrected chi connectivity index (χ4v) is 1.95. The Morgan fingerprint density at radius 1 is 1.75 bits per heavy atom. The Morgan fingerprint density at radius 2 is 2.50 bits per heavy atom. The highest BCUT2D eigenvalue weighted by molar-refractivity contribution is 7.10. The van der Waals surface area contributed by atoms with E-state index in [1.165, 1.54) is 18.4 Å². The first-order valence-electron chi connectivity index (χ1n) is 4.88. The van der Waals surface area contributed by atoms with E-state index < -0.39 is 12.1 Å². The first-order chi connectivity index (χ1) is 7.69. The van der Waals surface area contributed by atoms with Crippen LogP contribution in [0.4, 0.5) is 0 Å². The van der Waals surface area contributed by atoms with Gasteiger partial charge in [0.25, 0.3) is 0 Å². The third-order valence-electron chi connectivity index (χ3n) is 2.07. The predicted molar refractivity (Wildman–Crippen MR) is 62.1 cm³/mol. The second-order valence-electron chi connectivity index (χ2n) is 3.34. The normalized spacial score (nSPS) is 14.4. The average molecular weight is 244 g/mol. The number of rotatable bonds is 6. The number of methoxy groups -OCH3 is 1. The minimum atomic E-state index is -0.689. The SMILES string of the molecule is COCC(CO)NC(=O)C(N)c1cccs1. The molecule has 0 saturated heterocycles. The van der Waals surface area contributed by atoms with Crippen molar-refractivity contribution >= 4 is 17.2 Å². The molecule has 0 aliphatic heterocycles. The van der Waals surface area contributed by atoms with Gasteiger partial charge in [-0.25, -0.2) is 0 Å². The lowest BCUT2D eigenvalue weighted by Crippen LogP contribution is -2.44. The molecule has 1 aromatic heterocycles. The van der Waals surface area contributed by atoms with E-state index >= 15 is 0 Å². The van der Waals surface area contributed by atoms with Crippen LogP contribution in [0.1, 0.15) is 10.9 Å². The molecule has 0 aliphatic carbocycles. The van der Waals surface area contributed by atoms with Crippen LogP contribution >= 0.6 is 11.3 Å². The molecule has 0 aromatic carbocycles. The number of carbonyl (C=O) groups excluding carboxylic acids is 1. The number of aliphatic hydroxyl groups is 1. The van der Waals surface area contributed by atoms with Crippen LogP contribution in [-0.2, 0) is 9.53 Å². The van der Waals surface area contributed by atoms with Gasteiger partial charge in [-0.1, -0.05) is 6.07 Å². The predicted octanol–water partition coefficient (Wildman–Crippen LogP) is -0.129. The fourth-order valence-electron chi connectivity index (χ4n) is 1.23. The Kier molecular flexibility index (Phi) is 5.41. The van der Waals surface area contributed by atoms with Gasteiger partial charge < -0.3 is 20.9 Å². The third kappa shape index (κ3) is 3.57.